The van der Waals surface area contributed by atoms with Gasteiger partial charge in [0.15, 0.2) is 6.23 Å². The van der Waals surface area contributed by atoms with Gasteiger partial charge >= 0.3 is 0 Å². The summed E-state index contributed by atoms with van der Waals surface area (Å²) in [6.07, 6.45) is -0.176. The third-order valence-electron chi connectivity index (χ3n) is 1.43. The molecule has 0 aliphatic rings. The molecule has 0 fully saturated rings. The summed E-state index contributed by atoms with van der Waals surface area (Å²) in [5.74, 6) is 0. The van der Waals surface area contributed by atoms with E-state index < -0.39 is 0 Å². The fraction of sp³-hybridized carbons (Fsp3) is 0.333. The Hall–Kier alpha value is -1.22. The highest BCUT2D eigenvalue weighted by Crippen LogP contribution is 2.10. The van der Waals surface area contributed by atoms with Crippen molar-refractivity contribution in [2.45, 2.75) is 13.2 Å². The molecule has 0 aliphatic heterocycles. The normalized spacial score (nSPS) is 13.5. The van der Waals surface area contributed by atoms with E-state index in [0.717, 1.165) is 5.69 Å². The van der Waals surface area contributed by atoms with Gasteiger partial charge in [-0.2, -0.15) is 10.2 Å². The van der Waals surface area contributed by atoms with Crippen molar-refractivity contribution >= 4 is 5.69 Å². The molecule has 0 amide bonds. The number of methoxy groups -OCH3 is 1. The van der Waals surface area contributed by atoms with Crippen LogP contribution in [0.4, 0.5) is 5.69 Å². The SMILES string of the molecule is COC(C)N=Nc1ccccc1. The van der Waals surface area contributed by atoms with Crippen molar-refractivity contribution in [3.8, 4) is 0 Å². The van der Waals surface area contributed by atoms with E-state index in [1.807, 2.05) is 37.3 Å². The number of hydrogen-bond acceptors (Lipinski definition) is 3. The van der Waals surface area contributed by atoms with Gasteiger partial charge in [-0.3, -0.25) is 0 Å². The maximum atomic E-state index is 4.91. The molecular formula is C9H12N2O. The quantitative estimate of drug-likeness (QED) is 0.632. The van der Waals surface area contributed by atoms with Crippen LogP contribution >= 0.6 is 0 Å². The molecule has 1 rings (SSSR count). The molecule has 0 saturated carbocycles. The molecule has 1 aromatic carbocycles. The largest absolute Gasteiger partial charge is 0.358 e. The van der Waals surface area contributed by atoms with Crippen LogP contribution in [0.5, 0.6) is 0 Å². The van der Waals surface area contributed by atoms with E-state index in [-0.39, 0.29) is 6.23 Å². The van der Waals surface area contributed by atoms with Gasteiger partial charge in [-0.1, -0.05) is 18.2 Å². The van der Waals surface area contributed by atoms with Crippen molar-refractivity contribution in [3.63, 3.8) is 0 Å². The second kappa shape index (κ2) is 4.62. The van der Waals surface area contributed by atoms with Crippen molar-refractivity contribution in [3.05, 3.63) is 30.3 Å². The molecular weight excluding hydrogens is 152 g/mol. The summed E-state index contributed by atoms with van der Waals surface area (Å²) in [5.41, 5.74) is 0.849. The Morgan fingerprint density at radius 2 is 1.92 bits per heavy atom. The summed E-state index contributed by atoms with van der Waals surface area (Å²) in [6, 6.07) is 9.58. The minimum atomic E-state index is -0.176. The van der Waals surface area contributed by atoms with Gasteiger partial charge in [0.2, 0.25) is 0 Å². The summed E-state index contributed by atoms with van der Waals surface area (Å²) >= 11 is 0. The molecule has 0 aromatic heterocycles. The maximum Gasteiger partial charge on any atom is 0.165 e. The molecule has 3 heteroatoms. The van der Waals surface area contributed by atoms with E-state index in [4.69, 9.17) is 4.74 Å². The van der Waals surface area contributed by atoms with E-state index in [9.17, 15) is 0 Å². The molecule has 1 aromatic rings. The summed E-state index contributed by atoms with van der Waals surface area (Å²) in [4.78, 5) is 0. The zero-order chi connectivity index (χ0) is 8.81. The first kappa shape index (κ1) is 8.87. The molecule has 12 heavy (non-hydrogen) atoms. The van der Waals surface area contributed by atoms with Crippen molar-refractivity contribution in [1.82, 2.24) is 0 Å². The van der Waals surface area contributed by atoms with Gasteiger partial charge in [0.1, 0.15) is 0 Å². The zero-order valence-corrected chi connectivity index (χ0v) is 7.27. The van der Waals surface area contributed by atoms with Gasteiger partial charge in [-0.15, -0.1) is 0 Å². The molecule has 1 unspecified atom stereocenters. The predicted octanol–water partition coefficient (Wildman–Crippen LogP) is 2.76. The Kier molecular flexibility index (Phi) is 3.41. The third-order valence-corrected chi connectivity index (χ3v) is 1.43. The topological polar surface area (TPSA) is 34.0 Å². The highest BCUT2D eigenvalue weighted by atomic mass is 16.5. The molecule has 3 nitrogen and oxygen atoms in total. The van der Waals surface area contributed by atoms with Crippen LogP contribution in [0.25, 0.3) is 0 Å². The van der Waals surface area contributed by atoms with Crippen LogP contribution in [0.3, 0.4) is 0 Å². The van der Waals surface area contributed by atoms with Crippen molar-refractivity contribution < 1.29 is 4.74 Å². The van der Waals surface area contributed by atoms with Crippen LogP contribution < -0.4 is 0 Å². The van der Waals surface area contributed by atoms with Crippen LogP contribution in [0.1, 0.15) is 6.92 Å². The summed E-state index contributed by atoms with van der Waals surface area (Å²) in [6.45, 7) is 1.84. The smallest absolute Gasteiger partial charge is 0.165 e. The minimum Gasteiger partial charge on any atom is -0.358 e. The Morgan fingerprint density at radius 3 is 2.50 bits per heavy atom. The van der Waals surface area contributed by atoms with Crippen LogP contribution in [-0.4, -0.2) is 13.3 Å². The minimum absolute atomic E-state index is 0.176. The number of azo groups is 1. The lowest BCUT2D eigenvalue weighted by molar-refractivity contribution is 0.120. The van der Waals surface area contributed by atoms with Gasteiger partial charge in [-0.25, -0.2) is 0 Å². The summed E-state index contributed by atoms with van der Waals surface area (Å²) in [7, 11) is 1.61. The van der Waals surface area contributed by atoms with E-state index in [1.54, 1.807) is 7.11 Å². The Morgan fingerprint density at radius 1 is 1.25 bits per heavy atom. The van der Waals surface area contributed by atoms with Crippen LogP contribution in [0.2, 0.25) is 0 Å². The fourth-order valence-electron chi connectivity index (χ4n) is 0.690. The van der Waals surface area contributed by atoms with Crippen molar-refractivity contribution in [1.29, 1.82) is 0 Å². The monoisotopic (exact) mass is 164 g/mol. The molecule has 0 radical (unpaired) electrons. The molecule has 0 saturated heterocycles. The van der Waals surface area contributed by atoms with E-state index in [2.05, 4.69) is 10.2 Å². The molecule has 64 valence electrons. The Labute approximate surface area is 72.1 Å². The lowest BCUT2D eigenvalue weighted by Gasteiger charge is -1.99. The second-order valence-corrected chi connectivity index (χ2v) is 2.39. The first-order chi connectivity index (χ1) is 5.83. The van der Waals surface area contributed by atoms with Gasteiger partial charge < -0.3 is 4.74 Å². The third kappa shape index (κ3) is 2.80. The maximum absolute atomic E-state index is 4.91. The second-order valence-electron chi connectivity index (χ2n) is 2.39. The predicted molar refractivity (Wildman–Crippen MR) is 47.4 cm³/mol. The van der Waals surface area contributed by atoms with Crippen LogP contribution in [-0.2, 0) is 4.74 Å². The lowest BCUT2D eigenvalue weighted by atomic mass is 10.3. The lowest BCUT2D eigenvalue weighted by Crippen LogP contribution is -1.97. The number of hydrogen-bond donors (Lipinski definition) is 0. The van der Waals surface area contributed by atoms with Gasteiger partial charge in [-0.05, 0) is 19.1 Å². The average Bonchev–Trinajstić information content (AvgIpc) is 2.16. The van der Waals surface area contributed by atoms with Crippen LogP contribution in [0, 0.1) is 0 Å². The molecule has 0 heterocycles. The Bertz CT molecular complexity index is 246. The molecule has 1 atom stereocenters. The van der Waals surface area contributed by atoms with Crippen molar-refractivity contribution in [2.24, 2.45) is 10.2 Å². The number of benzene rings is 1. The first-order valence-electron chi connectivity index (χ1n) is 3.81. The number of ether oxygens (including phenoxy) is 1. The standard InChI is InChI=1S/C9H12N2O/c1-8(12-2)10-11-9-6-4-3-5-7-9/h3-8H,1-2H3. The number of nitrogens with zero attached hydrogens (tertiary/aromatic N) is 2. The van der Waals surface area contributed by atoms with E-state index >= 15 is 0 Å². The zero-order valence-electron chi connectivity index (χ0n) is 7.27. The molecule has 0 spiro atoms. The first-order valence-corrected chi connectivity index (χ1v) is 3.81. The van der Waals surface area contributed by atoms with Gasteiger partial charge in [0.25, 0.3) is 0 Å². The van der Waals surface area contributed by atoms with E-state index in [1.165, 1.54) is 0 Å². The highest BCUT2D eigenvalue weighted by Gasteiger charge is 1.92. The number of rotatable bonds is 3. The summed E-state index contributed by atoms with van der Waals surface area (Å²) < 4.78 is 4.91. The highest BCUT2D eigenvalue weighted by molar-refractivity contribution is 5.34. The fourth-order valence-corrected chi connectivity index (χ4v) is 0.690. The average molecular weight is 164 g/mol. The Balaban J connectivity index is 2.58. The molecule has 0 aliphatic carbocycles. The molecule has 0 N–H and O–H groups in total. The van der Waals surface area contributed by atoms with Crippen LogP contribution in [0.15, 0.2) is 40.6 Å². The molecule has 0 bridgehead atoms. The van der Waals surface area contributed by atoms with E-state index in [0.29, 0.717) is 0 Å². The summed E-state index contributed by atoms with van der Waals surface area (Å²) in [5, 5.41) is 7.89. The van der Waals surface area contributed by atoms with Gasteiger partial charge in [0.05, 0.1) is 5.69 Å². The van der Waals surface area contributed by atoms with Gasteiger partial charge in [0, 0.05) is 7.11 Å². The van der Waals surface area contributed by atoms with Crippen molar-refractivity contribution in [2.75, 3.05) is 7.11 Å².